The Morgan fingerprint density at radius 2 is 2.11 bits per heavy atom. The van der Waals surface area contributed by atoms with Gasteiger partial charge < -0.3 is 10.5 Å². The molecule has 0 aliphatic rings. The van der Waals surface area contributed by atoms with Crippen molar-refractivity contribution in [2.75, 3.05) is 6.61 Å². The van der Waals surface area contributed by atoms with Gasteiger partial charge in [0.05, 0.1) is 24.4 Å². The van der Waals surface area contributed by atoms with Gasteiger partial charge in [-0.05, 0) is 12.5 Å². The van der Waals surface area contributed by atoms with E-state index in [4.69, 9.17) is 22.7 Å². The minimum absolute atomic E-state index is 0.424. The molecule has 100 valence electrons. The molecule has 5 heteroatoms. The van der Waals surface area contributed by atoms with E-state index in [1.165, 1.54) is 4.88 Å². The first-order valence-electron chi connectivity index (χ1n) is 6.02. The normalized spacial score (nSPS) is 10.6. The van der Waals surface area contributed by atoms with Gasteiger partial charge in [0.2, 0.25) is 0 Å². The number of thiocarbonyl (C=S) groups is 1. The summed E-state index contributed by atoms with van der Waals surface area (Å²) in [5, 5.41) is 0. The van der Waals surface area contributed by atoms with E-state index in [1.54, 1.807) is 11.3 Å². The Bertz CT molecular complexity index is 549. The second-order valence-electron chi connectivity index (χ2n) is 4.22. The van der Waals surface area contributed by atoms with Crippen LogP contribution in [0.1, 0.15) is 21.7 Å². The van der Waals surface area contributed by atoms with Gasteiger partial charge in [-0.1, -0.05) is 36.5 Å². The van der Waals surface area contributed by atoms with Crippen LogP contribution in [0.5, 0.6) is 0 Å². The zero-order chi connectivity index (χ0) is 13.7. The molecule has 0 fully saturated rings. The smallest absolute Gasteiger partial charge is 0.103 e. The van der Waals surface area contributed by atoms with E-state index < -0.39 is 0 Å². The van der Waals surface area contributed by atoms with Crippen molar-refractivity contribution in [2.45, 2.75) is 20.0 Å². The van der Waals surface area contributed by atoms with Crippen LogP contribution in [0.25, 0.3) is 0 Å². The lowest BCUT2D eigenvalue weighted by Gasteiger charge is -2.05. The Balaban J connectivity index is 1.76. The summed E-state index contributed by atoms with van der Waals surface area (Å²) in [5.74, 6) is 0. The van der Waals surface area contributed by atoms with Gasteiger partial charge in [0, 0.05) is 16.9 Å². The quantitative estimate of drug-likeness (QED) is 0.657. The summed E-state index contributed by atoms with van der Waals surface area (Å²) in [4.78, 5) is 5.94. The number of nitrogens with zero attached hydrogens (tertiary/aromatic N) is 1. The van der Waals surface area contributed by atoms with Crippen molar-refractivity contribution in [3.8, 4) is 0 Å². The minimum atomic E-state index is 0.424. The fourth-order valence-corrected chi connectivity index (χ4v) is 2.58. The molecule has 0 aliphatic carbocycles. The first kappa shape index (κ1) is 14.1. The van der Waals surface area contributed by atoms with Crippen molar-refractivity contribution in [2.24, 2.45) is 5.73 Å². The maximum absolute atomic E-state index is 5.66. The molecule has 1 aromatic carbocycles. The molecule has 1 aromatic heterocycles. The van der Waals surface area contributed by atoms with Crippen LogP contribution < -0.4 is 5.73 Å². The van der Waals surface area contributed by atoms with Gasteiger partial charge in [-0.3, -0.25) is 0 Å². The second-order valence-corrected chi connectivity index (χ2v) is 5.60. The Kier molecular flexibility index (Phi) is 5.01. The molecule has 0 aliphatic heterocycles. The maximum Gasteiger partial charge on any atom is 0.103 e. The fourth-order valence-electron chi connectivity index (χ4n) is 1.69. The summed E-state index contributed by atoms with van der Waals surface area (Å²) in [7, 11) is 0. The van der Waals surface area contributed by atoms with E-state index in [-0.39, 0.29) is 0 Å². The SMILES string of the molecule is Cc1ncsc1CCOCc1ccc(C(N)=S)cc1. The van der Waals surface area contributed by atoms with Gasteiger partial charge in [-0.15, -0.1) is 11.3 Å². The molecule has 0 spiro atoms. The third-order valence-corrected chi connectivity index (χ3v) is 4.06. The molecule has 0 saturated heterocycles. The highest BCUT2D eigenvalue weighted by Gasteiger charge is 2.01. The Morgan fingerprint density at radius 1 is 1.37 bits per heavy atom. The largest absolute Gasteiger partial charge is 0.389 e. The van der Waals surface area contributed by atoms with Crippen LogP contribution in [0.3, 0.4) is 0 Å². The highest BCUT2D eigenvalue weighted by molar-refractivity contribution is 7.80. The Morgan fingerprint density at radius 3 is 2.68 bits per heavy atom. The summed E-state index contributed by atoms with van der Waals surface area (Å²) in [6.45, 7) is 3.34. The molecule has 1 heterocycles. The van der Waals surface area contributed by atoms with Gasteiger partial charge in [0.1, 0.15) is 4.99 Å². The fraction of sp³-hybridized carbons (Fsp3) is 0.286. The van der Waals surface area contributed by atoms with Gasteiger partial charge in [0.25, 0.3) is 0 Å². The van der Waals surface area contributed by atoms with E-state index in [2.05, 4.69) is 4.98 Å². The Hall–Kier alpha value is -1.30. The van der Waals surface area contributed by atoms with Crippen molar-refractivity contribution in [3.05, 3.63) is 51.5 Å². The van der Waals surface area contributed by atoms with Crippen LogP contribution >= 0.6 is 23.6 Å². The third-order valence-electron chi connectivity index (χ3n) is 2.83. The topological polar surface area (TPSA) is 48.1 Å². The number of aromatic nitrogens is 1. The molecular weight excluding hydrogens is 276 g/mol. The minimum Gasteiger partial charge on any atom is -0.389 e. The molecule has 0 radical (unpaired) electrons. The zero-order valence-corrected chi connectivity index (χ0v) is 12.4. The molecule has 0 atom stereocenters. The number of hydrogen-bond acceptors (Lipinski definition) is 4. The maximum atomic E-state index is 5.66. The molecule has 0 bridgehead atoms. The summed E-state index contributed by atoms with van der Waals surface area (Å²) in [5.41, 5.74) is 10.5. The zero-order valence-electron chi connectivity index (χ0n) is 10.8. The van der Waals surface area contributed by atoms with Crippen LogP contribution in [0, 0.1) is 6.92 Å². The predicted octanol–water partition coefficient (Wildman–Crippen LogP) is 2.85. The number of benzene rings is 1. The van der Waals surface area contributed by atoms with Crippen LogP contribution in [0.15, 0.2) is 29.8 Å². The molecule has 2 aromatic rings. The molecule has 0 amide bonds. The van der Waals surface area contributed by atoms with E-state index in [1.807, 2.05) is 36.7 Å². The number of thiazole rings is 1. The van der Waals surface area contributed by atoms with Gasteiger partial charge >= 0.3 is 0 Å². The number of hydrogen-bond donors (Lipinski definition) is 1. The van der Waals surface area contributed by atoms with Crippen molar-refractivity contribution < 1.29 is 4.74 Å². The molecule has 2 N–H and O–H groups in total. The van der Waals surface area contributed by atoms with Crippen molar-refractivity contribution in [1.82, 2.24) is 4.98 Å². The first-order chi connectivity index (χ1) is 9.16. The highest BCUT2D eigenvalue weighted by Crippen LogP contribution is 2.13. The lowest BCUT2D eigenvalue weighted by Crippen LogP contribution is -2.09. The third kappa shape index (κ3) is 4.09. The number of aryl methyl sites for hydroxylation is 1. The van der Waals surface area contributed by atoms with Gasteiger partial charge in [-0.2, -0.15) is 0 Å². The molecule has 0 saturated carbocycles. The highest BCUT2D eigenvalue weighted by atomic mass is 32.1. The lowest BCUT2D eigenvalue weighted by atomic mass is 10.1. The summed E-state index contributed by atoms with van der Waals surface area (Å²) < 4.78 is 5.66. The monoisotopic (exact) mass is 292 g/mol. The van der Waals surface area contributed by atoms with Crippen molar-refractivity contribution >= 4 is 28.5 Å². The van der Waals surface area contributed by atoms with E-state index in [9.17, 15) is 0 Å². The van der Waals surface area contributed by atoms with Crippen molar-refractivity contribution in [1.29, 1.82) is 0 Å². The lowest BCUT2D eigenvalue weighted by molar-refractivity contribution is 0.124. The van der Waals surface area contributed by atoms with Crippen LogP contribution in [-0.4, -0.2) is 16.6 Å². The van der Waals surface area contributed by atoms with Crippen molar-refractivity contribution in [3.63, 3.8) is 0 Å². The number of rotatable bonds is 6. The summed E-state index contributed by atoms with van der Waals surface area (Å²) >= 11 is 6.59. The number of nitrogens with two attached hydrogens (primary N) is 1. The van der Waals surface area contributed by atoms with E-state index in [0.717, 1.165) is 23.2 Å². The summed E-state index contributed by atoms with van der Waals surface area (Å²) in [6, 6.07) is 7.83. The van der Waals surface area contributed by atoms with Gasteiger partial charge in [0.15, 0.2) is 0 Å². The molecular formula is C14H16N2OS2. The first-order valence-corrected chi connectivity index (χ1v) is 7.31. The second kappa shape index (κ2) is 6.75. The van der Waals surface area contributed by atoms with E-state index >= 15 is 0 Å². The summed E-state index contributed by atoms with van der Waals surface area (Å²) in [6.07, 6.45) is 0.918. The van der Waals surface area contributed by atoms with Crippen LogP contribution in [0.2, 0.25) is 0 Å². The van der Waals surface area contributed by atoms with E-state index in [0.29, 0.717) is 18.2 Å². The van der Waals surface area contributed by atoms with Crippen LogP contribution in [0.4, 0.5) is 0 Å². The number of ether oxygens (including phenoxy) is 1. The molecule has 19 heavy (non-hydrogen) atoms. The van der Waals surface area contributed by atoms with Gasteiger partial charge in [-0.25, -0.2) is 4.98 Å². The molecule has 2 rings (SSSR count). The average Bonchev–Trinajstić information content (AvgIpc) is 2.81. The predicted molar refractivity (Wildman–Crippen MR) is 82.5 cm³/mol. The molecule has 3 nitrogen and oxygen atoms in total. The van der Waals surface area contributed by atoms with Crippen LogP contribution in [-0.2, 0) is 17.8 Å². The standard InChI is InChI=1S/C14H16N2OS2/c1-10-13(19-9-16-10)6-7-17-8-11-2-4-12(5-3-11)14(15)18/h2-5,9H,6-8H2,1H3,(H2,15,18). The Labute approximate surface area is 122 Å². The molecule has 0 unspecified atom stereocenters. The average molecular weight is 292 g/mol.